The average Bonchev–Trinajstić information content (AvgIpc) is 3.01. The predicted molar refractivity (Wildman–Crippen MR) is 78.6 cm³/mol. The van der Waals surface area contributed by atoms with Crippen LogP contribution in [0, 0.1) is 6.92 Å². The Balaban J connectivity index is 1.75. The van der Waals surface area contributed by atoms with Gasteiger partial charge in [-0.05, 0) is 31.2 Å². The van der Waals surface area contributed by atoms with E-state index in [0.717, 1.165) is 16.1 Å². The maximum absolute atomic E-state index is 12.0. The topological polar surface area (TPSA) is 81.2 Å². The first-order valence-corrected chi connectivity index (χ1v) is 6.98. The van der Waals surface area contributed by atoms with Gasteiger partial charge in [-0.2, -0.15) is 0 Å². The van der Waals surface area contributed by atoms with Gasteiger partial charge in [-0.15, -0.1) is 11.3 Å². The number of anilines is 1. The first-order chi connectivity index (χ1) is 9.61. The molecule has 3 N–H and O–H groups in total. The third-order valence-electron chi connectivity index (χ3n) is 2.83. The minimum absolute atomic E-state index is 0.257. The minimum atomic E-state index is -0.257. The Kier molecular flexibility index (Phi) is 3.15. The van der Waals surface area contributed by atoms with Gasteiger partial charge in [0, 0.05) is 22.1 Å². The van der Waals surface area contributed by atoms with E-state index < -0.39 is 0 Å². The number of fused-ring (bicyclic) bond motifs is 1. The number of nitrogen functional groups attached to an aromatic ring is 1. The van der Waals surface area contributed by atoms with Crippen molar-refractivity contribution in [3.63, 3.8) is 0 Å². The van der Waals surface area contributed by atoms with Crippen LogP contribution in [0.1, 0.15) is 21.3 Å². The van der Waals surface area contributed by atoms with Crippen molar-refractivity contribution in [3.05, 3.63) is 46.1 Å². The first-order valence-electron chi connectivity index (χ1n) is 6.10. The molecule has 3 aromatic rings. The molecule has 0 aliphatic rings. The zero-order chi connectivity index (χ0) is 14.1. The van der Waals surface area contributed by atoms with Crippen molar-refractivity contribution in [1.29, 1.82) is 0 Å². The van der Waals surface area contributed by atoms with E-state index in [1.54, 1.807) is 24.3 Å². The van der Waals surface area contributed by atoms with Crippen LogP contribution < -0.4 is 11.1 Å². The van der Waals surface area contributed by atoms with Crippen molar-refractivity contribution in [2.45, 2.75) is 13.5 Å². The van der Waals surface area contributed by atoms with Gasteiger partial charge in [-0.3, -0.25) is 4.79 Å². The summed E-state index contributed by atoms with van der Waals surface area (Å²) in [6.45, 7) is 2.32. The molecule has 0 saturated heterocycles. The molecular weight excluding hydrogens is 274 g/mol. The molecule has 0 atom stereocenters. The van der Waals surface area contributed by atoms with Crippen molar-refractivity contribution < 1.29 is 9.21 Å². The Hall–Kier alpha value is -2.34. The number of carbonyl (C=O) groups excluding carboxylic acids is 1. The third-order valence-corrected chi connectivity index (χ3v) is 3.80. The predicted octanol–water partition coefficient (Wildman–Crippen LogP) is 2.71. The number of amides is 1. The van der Waals surface area contributed by atoms with Crippen LogP contribution in [0.5, 0.6) is 0 Å². The van der Waals surface area contributed by atoms with Crippen molar-refractivity contribution >= 4 is 33.9 Å². The second kappa shape index (κ2) is 4.97. The summed E-state index contributed by atoms with van der Waals surface area (Å²) in [4.78, 5) is 16.3. The Morgan fingerprint density at radius 3 is 3.05 bits per heavy atom. The van der Waals surface area contributed by atoms with E-state index in [-0.39, 0.29) is 11.7 Å². The Morgan fingerprint density at radius 2 is 2.30 bits per heavy atom. The summed E-state index contributed by atoms with van der Waals surface area (Å²) in [5.74, 6) is 0.0199. The fraction of sp³-hybridized carbons (Fsp3) is 0.143. The van der Waals surface area contributed by atoms with E-state index in [4.69, 9.17) is 10.2 Å². The molecule has 2 heterocycles. The molecule has 0 saturated carbocycles. The summed E-state index contributed by atoms with van der Waals surface area (Å²) >= 11 is 1.52. The van der Waals surface area contributed by atoms with Gasteiger partial charge in [0.1, 0.15) is 10.6 Å². The molecule has 0 fully saturated rings. The fourth-order valence-electron chi connectivity index (χ4n) is 1.90. The number of carbonyl (C=O) groups is 1. The van der Waals surface area contributed by atoms with Gasteiger partial charge in [0.25, 0.3) is 5.91 Å². The van der Waals surface area contributed by atoms with E-state index in [2.05, 4.69) is 10.3 Å². The number of nitrogens with zero attached hydrogens (tertiary/aromatic N) is 1. The fourth-order valence-corrected chi connectivity index (χ4v) is 2.61. The summed E-state index contributed by atoms with van der Waals surface area (Å²) in [5.41, 5.74) is 7.94. The van der Waals surface area contributed by atoms with E-state index in [9.17, 15) is 4.79 Å². The van der Waals surface area contributed by atoms with Gasteiger partial charge in [0.05, 0.1) is 6.54 Å². The standard InChI is InChI=1S/C14H13N3O2S/c1-8-7-20-13(17-8)6-16-14(18)12-5-9-4-10(15)2-3-11(9)19-12/h2-5,7H,6,15H2,1H3,(H,16,18). The number of hydrogen-bond acceptors (Lipinski definition) is 5. The number of rotatable bonds is 3. The highest BCUT2D eigenvalue weighted by Gasteiger charge is 2.12. The molecule has 0 spiro atoms. The van der Waals surface area contributed by atoms with E-state index in [0.29, 0.717) is 17.8 Å². The van der Waals surface area contributed by atoms with Crippen LogP contribution in [0.4, 0.5) is 5.69 Å². The number of nitrogens with one attached hydrogen (secondary N) is 1. The molecule has 20 heavy (non-hydrogen) atoms. The second-order valence-corrected chi connectivity index (χ2v) is 5.42. The molecule has 6 heteroatoms. The largest absolute Gasteiger partial charge is 0.451 e. The summed E-state index contributed by atoms with van der Waals surface area (Å²) in [6, 6.07) is 6.96. The molecule has 1 aromatic carbocycles. The van der Waals surface area contributed by atoms with Crippen LogP contribution in [-0.2, 0) is 6.54 Å². The summed E-state index contributed by atoms with van der Waals surface area (Å²) in [6.07, 6.45) is 0. The number of aromatic nitrogens is 1. The van der Waals surface area contributed by atoms with E-state index in [1.165, 1.54) is 11.3 Å². The maximum Gasteiger partial charge on any atom is 0.287 e. The number of nitrogens with two attached hydrogens (primary N) is 1. The number of hydrogen-bond donors (Lipinski definition) is 2. The number of benzene rings is 1. The maximum atomic E-state index is 12.0. The lowest BCUT2D eigenvalue weighted by Gasteiger charge is -1.99. The molecule has 0 aliphatic carbocycles. The summed E-state index contributed by atoms with van der Waals surface area (Å²) in [5, 5.41) is 6.43. The smallest absolute Gasteiger partial charge is 0.287 e. The summed E-state index contributed by atoms with van der Waals surface area (Å²) in [7, 11) is 0. The van der Waals surface area contributed by atoms with Gasteiger partial charge in [0.15, 0.2) is 5.76 Å². The molecular formula is C14H13N3O2S. The second-order valence-electron chi connectivity index (χ2n) is 4.47. The number of thiazole rings is 1. The average molecular weight is 287 g/mol. The molecule has 5 nitrogen and oxygen atoms in total. The van der Waals surface area contributed by atoms with Crippen LogP contribution in [0.15, 0.2) is 34.1 Å². The minimum Gasteiger partial charge on any atom is -0.451 e. The molecule has 1 amide bonds. The van der Waals surface area contributed by atoms with E-state index >= 15 is 0 Å². The van der Waals surface area contributed by atoms with Gasteiger partial charge in [-0.1, -0.05) is 0 Å². The Bertz CT molecular complexity index is 776. The lowest BCUT2D eigenvalue weighted by atomic mass is 10.2. The van der Waals surface area contributed by atoms with Crippen molar-refractivity contribution in [1.82, 2.24) is 10.3 Å². The van der Waals surface area contributed by atoms with Crippen molar-refractivity contribution in [2.75, 3.05) is 5.73 Å². The van der Waals surface area contributed by atoms with Crippen LogP contribution >= 0.6 is 11.3 Å². The zero-order valence-corrected chi connectivity index (χ0v) is 11.7. The summed E-state index contributed by atoms with van der Waals surface area (Å²) < 4.78 is 5.49. The van der Waals surface area contributed by atoms with Gasteiger partial charge in [-0.25, -0.2) is 4.98 Å². The van der Waals surface area contributed by atoms with Crippen LogP contribution in [0.2, 0.25) is 0 Å². The van der Waals surface area contributed by atoms with Crippen molar-refractivity contribution in [3.8, 4) is 0 Å². The van der Waals surface area contributed by atoms with Gasteiger partial charge in [0.2, 0.25) is 0 Å². The zero-order valence-electron chi connectivity index (χ0n) is 10.8. The molecule has 2 aromatic heterocycles. The van der Waals surface area contributed by atoms with Gasteiger partial charge < -0.3 is 15.5 Å². The normalized spacial score (nSPS) is 10.8. The first kappa shape index (κ1) is 12.7. The molecule has 102 valence electrons. The van der Waals surface area contributed by atoms with Crippen LogP contribution in [-0.4, -0.2) is 10.9 Å². The highest BCUT2D eigenvalue weighted by molar-refractivity contribution is 7.09. The Labute approximate surface area is 119 Å². The number of aryl methyl sites for hydroxylation is 1. The molecule has 0 radical (unpaired) electrons. The monoisotopic (exact) mass is 287 g/mol. The molecule has 3 rings (SSSR count). The third kappa shape index (κ3) is 2.50. The molecule has 0 unspecified atom stereocenters. The quantitative estimate of drug-likeness (QED) is 0.726. The highest BCUT2D eigenvalue weighted by Crippen LogP contribution is 2.21. The van der Waals surface area contributed by atoms with Gasteiger partial charge >= 0.3 is 0 Å². The molecule has 0 bridgehead atoms. The lowest BCUT2D eigenvalue weighted by Crippen LogP contribution is -2.22. The van der Waals surface area contributed by atoms with Crippen molar-refractivity contribution in [2.24, 2.45) is 0 Å². The SMILES string of the molecule is Cc1csc(CNC(=O)c2cc3cc(N)ccc3o2)n1. The molecule has 0 aliphatic heterocycles. The van der Waals surface area contributed by atoms with E-state index in [1.807, 2.05) is 12.3 Å². The highest BCUT2D eigenvalue weighted by atomic mass is 32.1. The van der Waals surface area contributed by atoms with Crippen LogP contribution in [0.3, 0.4) is 0 Å². The van der Waals surface area contributed by atoms with Crippen LogP contribution in [0.25, 0.3) is 11.0 Å². The Morgan fingerprint density at radius 1 is 1.45 bits per heavy atom. The lowest BCUT2D eigenvalue weighted by molar-refractivity contribution is 0.0925. The number of furan rings is 1.